The van der Waals surface area contributed by atoms with E-state index >= 15 is 0 Å². The summed E-state index contributed by atoms with van der Waals surface area (Å²) in [6, 6.07) is 7.70. The standard InChI is InChI=1S/C19H22ClN3O2/c1-25-15(24)14-11-19(20)12-7-3-4-8-13(12)22-16(21)18(23(14)17(19)22)9-5-2-6-10-18/h3-4,7-8,14,17,21H,2,5-6,9-11H2,1H3/t14-,17+,19-/m0/s1. The summed E-state index contributed by atoms with van der Waals surface area (Å²) in [5.41, 5.74) is 1.68. The van der Waals surface area contributed by atoms with E-state index in [0.29, 0.717) is 12.3 Å². The minimum Gasteiger partial charge on any atom is -0.468 e. The average molecular weight is 360 g/mol. The molecule has 1 aromatic rings. The normalized spacial score (nSPS) is 35.1. The van der Waals surface area contributed by atoms with Crippen LogP contribution in [-0.2, 0) is 14.4 Å². The molecule has 3 heterocycles. The van der Waals surface area contributed by atoms with E-state index in [1.807, 2.05) is 18.2 Å². The van der Waals surface area contributed by atoms with Gasteiger partial charge in [-0.15, -0.1) is 11.6 Å². The van der Waals surface area contributed by atoms with Crippen LogP contribution >= 0.6 is 11.6 Å². The van der Waals surface area contributed by atoms with E-state index in [0.717, 1.165) is 36.9 Å². The van der Waals surface area contributed by atoms with Gasteiger partial charge in [0.1, 0.15) is 22.9 Å². The molecule has 0 bridgehead atoms. The van der Waals surface area contributed by atoms with Crippen LogP contribution in [0, 0.1) is 5.41 Å². The topological polar surface area (TPSA) is 56.6 Å². The summed E-state index contributed by atoms with van der Waals surface area (Å²) in [7, 11) is 1.44. The molecule has 3 aliphatic heterocycles. The molecular weight excluding hydrogens is 338 g/mol. The van der Waals surface area contributed by atoms with Gasteiger partial charge in [-0.2, -0.15) is 0 Å². The molecule has 25 heavy (non-hydrogen) atoms. The monoisotopic (exact) mass is 359 g/mol. The average Bonchev–Trinajstić information content (AvgIpc) is 3.18. The van der Waals surface area contributed by atoms with Gasteiger partial charge in [0.15, 0.2) is 0 Å². The Kier molecular flexibility index (Phi) is 3.12. The molecule has 3 fully saturated rings. The molecule has 0 unspecified atom stereocenters. The maximum absolute atomic E-state index is 12.6. The molecule has 132 valence electrons. The summed E-state index contributed by atoms with van der Waals surface area (Å²) in [4.78, 5) is 16.3. The third-order valence-electron chi connectivity index (χ3n) is 6.68. The Morgan fingerprint density at radius 2 is 2.00 bits per heavy atom. The summed E-state index contributed by atoms with van der Waals surface area (Å²) in [6.45, 7) is 0. The minimum atomic E-state index is -0.664. The highest BCUT2D eigenvalue weighted by Crippen LogP contribution is 2.63. The first-order valence-corrected chi connectivity index (χ1v) is 9.45. The maximum Gasteiger partial charge on any atom is 0.323 e. The molecule has 0 aromatic heterocycles. The number of rotatable bonds is 1. The number of nitrogens with zero attached hydrogens (tertiary/aromatic N) is 2. The summed E-state index contributed by atoms with van der Waals surface area (Å²) in [5, 5.41) is 9.05. The number of esters is 1. The van der Waals surface area contributed by atoms with Crippen molar-refractivity contribution < 1.29 is 9.53 Å². The first-order chi connectivity index (χ1) is 12.0. The molecule has 1 aromatic carbocycles. The highest BCUT2D eigenvalue weighted by molar-refractivity contribution is 6.28. The predicted octanol–water partition coefficient (Wildman–Crippen LogP) is 3.21. The van der Waals surface area contributed by atoms with Gasteiger partial charge in [0, 0.05) is 17.7 Å². The van der Waals surface area contributed by atoms with Crippen molar-refractivity contribution in [3.63, 3.8) is 0 Å². The zero-order valence-corrected chi connectivity index (χ0v) is 15.1. The molecule has 5 nitrogen and oxygen atoms in total. The number of amidine groups is 1. The van der Waals surface area contributed by atoms with Gasteiger partial charge in [0.25, 0.3) is 0 Å². The van der Waals surface area contributed by atoms with Gasteiger partial charge in [-0.25, -0.2) is 0 Å². The maximum atomic E-state index is 12.6. The molecule has 1 saturated carbocycles. The van der Waals surface area contributed by atoms with E-state index in [2.05, 4.69) is 15.9 Å². The second-order valence-corrected chi connectivity index (χ2v) is 8.39. The Hall–Kier alpha value is -1.59. The van der Waals surface area contributed by atoms with Crippen LogP contribution < -0.4 is 4.90 Å². The molecule has 5 rings (SSSR count). The number of nitrogens with one attached hydrogen (secondary N) is 1. The zero-order chi connectivity index (χ0) is 17.4. The quantitative estimate of drug-likeness (QED) is 0.618. The van der Waals surface area contributed by atoms with E-state index in [9.17, 15) is 4.79 Å². The first-order valence-electron chi connectivity index (χ1n) is 9.07. The Balaban J connectivity index is 1.73. The molecular formula is C19H22ClN3O2. The van der Waals surface area contributed by atoms with Crippen molar-refractivity contribution in [2.24, 2.45) is 0 Å². The number of alkyl halides is 1. The zero-order valence-electron chi connectivity index (χ0n) is 14.3. The van der Waals surface area contributed by atoms with Crippen molar-refractivity contribution in [3.8, 4) is 0 Å². The highest BCUT2D eigenvalue weighted by atomic mass is 35.5. The number of hydrogen-bond donors (Lipinski definition) is 1. The lowest BCUT2D eigenvalue weighted by atomic mass is 9.79. The van der Waals surface area contributed by atoms with Crippen LogP contribution in [0.3, 0.4) is 0 Å². The van der Waals surface area contributed by atoms with Crippen LogP contribution in [0.4, 0.5) is 5.69 Å². The fraction of sp³-hybridized carbons (Fsp3) is 0.579. The molecule has 0 amide bonds. The van der Waals surface area contributed by atoms with Gasteiger partial charge < -0.3 is 9.64 Å². The Morgan fingerprint density at radius 3 is 2.72 bits per heavy atom. The summed E-state index contributed by atoms with van der Waals surface area (Å²) >= 11 is 7.20. The molecule has 0 radical (unpaired) electrons. The van der Waals surface area contributed by atoms with Gasteiger partial charge in [-0.3, -0.25) is 15.1 Å². The van der Waals surface area contributed by atoms with Crippen molar-refractivity contribution in [3.05, 3.63) is 29.8 Å². The van der Waals surface area contributed by atoms with E-state index in [1.54, 1.807) is 0 Å². The highest BCUT2D eigenvalue weighted by Gasteiger charge is 2.72. The first kappa shape index (κ1) is 15.6. The SMILES string of the molecule is COC(=O)[C@@H]1C[C@]2(Cl)c3ccccc3N3C(=N)C4(CCCCC4)N1[C@@H]32. The summed E-state index contributed by atoms with van der Waals surface area (Å²) in [5.74, 6) is 0.382. The smallest absolute Gasteiger partial charge is 0.323 e. The number of ether oxygens (including phenoxy) is 1. The number of fused-ring (bicyclic) bond motifs is 4. The van der Waals surface area contributed by atoms with Crippen molar-refractivity contribution in [1.82, 2.24) is 4.90 Å². The number of carbonyl (C=O) groups is 1. The largest absolute Gasteiger partial charge is 0.468 e. The fourth-order valence-electron chi connectivity index (χ4n) is 5.71. The third kappa shape index (κ3) is 1.69. The van der Waals surface area contributed by atoms with Crippen LogP contribution in [0.15, 0.2) is 24.3 Å². The number of anilines is 1. The van der Waals surface area contributed by atoms with Crippen LogP contribution in [0.2, 0.25) is 0 Å². The third-order valence-corrected chi connectivity index (χ3v) is 7.24. The number of carbonyl (C=O) groups excluding carboxylic acids is 1. The van der Waals surface area contributed by atoms with E-state index in [1.165, 1.54) is 13.5 Å². The van der Waals surface area contributed by atoms with Crippen molar-refractivity contribution in [2.75, 3.05) is 12.0 Å². The second-order valence-electron chi connectivity index (χ2n) is 7.71. The van der Waals surface area contributed by atoms with Crippen molar-refractivity contribution in [1.29, 1.82) is 5.41 Å². The van der Waals surface area contributed by atoms with Gasteiger partial charge in [-0.1, -0.05) is 37.5 Å². The van der Waals surface area contributed by atoms with Gasteiger partial charge >= 0.3 is 5.97 Å². The minimum absolute atomic E-state index is 0.165. The van der Waals surface area contributed by atoms with Gasteiger partial charge in [0.2, 0.25) is 0 Å². The van der Waals surface area contributed by atoms with Crippen molar-refractivity contribution in [2.45, 2.75) is 61.1 Å². The van der Waals surface area contributed by atoms with Crippen molar-refractivity contribution >= 4 is 29.1 Å². The van der Waals surface area contributed by atoms with Gasteiger partial charge in [0.05, 0.1) is 12.6 Å². The molecule has 4 aliphatic rings. The Labute approximate surface area is 152 Å². The second kappa shape index (κ2) is 4.98. The summed E-state index contributed by atoms with van der Waals surface area (Å²) < 4.78 is 5.12. The van der Waals surface area contributed by atoms with E-state index < -0.39 is 4.87 Å². The lowest BCUT2D eigenvalue weighted by Crippen LogP contribution is -2.56. The summed E-state index contributed by atoms with van der Waals surface area (Å²) in [6.07, 6.45) is 5.58. The number of para-hydroxylation sites is 1. The number of halogens is 1. The van der Waals surface area contributed by atoms with Crippen LogP contribution in [0.1, 0.15) is 44.1 Å². The number of hydrogen-bond acceptors (Lipinski definition) is 4. The van der Waals surface area contributed by atoms with Crippen LogP contribution in [0.25, 0.3) is 0 Å². The van der Waals surface area contributed by atoms with E-state index in [-0.39, 0.29) is 23.7 Å². The number of methoxy groups -OCH3 is 1. The fourth-order valence-corrected chi connectivity index (χ4v) is 6.22. The lowest BCUT2D eigenvalue weighted by molar-refractivity contribution is -0.148. The van der Waals surface area contributed by atoms with Gasteiger partial charge in [-0.05, 0) is 18.9 Å². The lowest BCUT2D eigenvalue weighted by Gasteiger charge is -2.42. The van der Waals surface area contributed by atoms with Crippen LogP contribution in [0.5, 0.6) is 0 Å². The molecule has 3 atom stereocenters. The Morgan fingerprint density at radius 1 is 1.28 bits per heavy atom. The Bertz CT molecular complexity index is 776. The predicted molar refractivity (Wildman–Crippen MR) is 96.0 cm³/mol. The van der Waals surface area contributed by atoms with Crippen LogP contribution in [-0.4, -0.2) is 41.6 Å². The number of benzene rings is 1. The molecule has 1 spiro atoms. The molecule has 1 aliphatic carbocycles. The molecule has 2 saturated heterocycles. The molecule has 1 N–H and O–H groups in total. The molecule has 6 heteroatoms. The van der Waals surface area contributed by atoms with E-state index in [4.69, 9.17) is 21.7 Å².